The number of carbonyl (C=O) groups is 1. The number of anilines is 1. The average molecular weight is 317 g/mol. The second-order valence-corrected chi connectivity index (χ2v) is 4.85. The number of halogens is 3. The van der Waals surface area contributed by atoms with Crippen LogP contribution in [-0.4, -0.2) is 5.91 Å². The largest absolute Gasteiger partial charge is 0.322 e. The van der Waals surface area contributed by atoms with Crippen LogP contribution in [-0.2, 0) is 4.79 Å². The van der Waals surface area contributed by atoms with Crippen molar-refractivity contribution < 1.29 is 13.6 Å². The molecule has 0 aliphatic carbocycles. The summed E-state index contributed by atoms with van der Waals surface area (Å²) in [6, 6.07) is 3.64. The van der Waals surface area contributed by atoms with E-state index >= 15 is 0 Å². The van der Waals surface area contributed by atoms with Crippen molar-refractivity contribution >= 4 is 27.5 Å². The van der Waals surface area contributed by atoms with Crippen molar-refractivity contribution in [3.05, 3.63) is 28.2 Å². The molecular formula is C12H11BrF2N2O. The molecule has 0 aromatic heterocycles. The maximum Gasteiger partial charge on any atom is 0.244 e. The van der Waals surface area contributed by atoms with E-state index in [0.29, 0.717) is 0 Å². The third-order valence-electron chi connectivity index (χ3n) is 2.71. The number of nitriles is 1. The van der Waals surface area contributed by atoms with Gasteiger partial charge in [-0.05, 0) is 35.3 Å². The Morgan fingerprint density at radius 1 is 1.50 bits per heavy atom. The molecule has 0 bridgehead atoms. The van der Waals surface area contributed by atoms with Gasteiger partial charge in [0.05, 0.1) is 16.2 Å². The van der Waals surface area contributed by atoms with Crippen LogP contribution < -0.4 is 5.32 Å². The minimum absolute atomic E-state index is 0.0310. The first-order valence-corrected chi connectivity index (χ1v) is 6.00. The summed E-state index contributed by atoms with van der Waals surface area (Å²) in [5.74, 6) is -2.12. The summed E-state index contributed by atoms with van der Waals surface area (Å²) >= 11 is 2.83. The standard InChI is InChI=1S/C12H11BrF2N2O/c1-3-12(2,6-16)11(18)17-10-5-8(14)7(13)4-9(10)15/h4-5H,3H2,1-2H3,(H,17,18). The molecule has 0 heterocycles. The second-order valence-electron chi connectivity index (χ2n) is 4.00. The van der Waals surface area contributed by atoms with Crippen LogP contribution >= 0.6 is 15.9 Å². The van der Waals surface area contributed by atoms with Crippen LogP contribution in [0.3, 0.4) is 0 Å². The van der Waals surface area contributed by atoms with Crippen LogP contribution in [0, 0.1) is 28.4 Å². The Bertz CT molecular complexity index is 528. The Balaban J connectivity index is 3.03. The predicted octanol–water partition coefficient (Wildman–Crippen LogP) is 3.61. The van der Waals surface area contributed by atoms with E-state index in [9.17, 15) is 13.6 Å². The first-order chi connectivity index (χ1) is 8.34. The summed E-state index contributed by atoms with van der Waals surface area (Å²) < 4.78 is 26.7. The number of nitrogens with zero attached hydrogens (tertiary/aromatic N) is 1. The second kappa shape index (κ2) is 5.44. The molecule has 1 N–H and O–H groups in total. The molecule has 0 radical (unpaired) electrons. The Kier molecular flexibility index (Phi) is 4.41. The molecule has 0 aliphatic rings. The van der Waals surface area contributed by atoms with E-state index in [4.69, 9.17) is 5.26 Å². The topological polar surface area (TPSA) is 52.9 Å². The number of amides is 1. The van der Waals surface area contributed by atoms with E-state index in [-0.39, 0.29) is 16.6 Å². The number of benzene rings is 1. The molecule has 1 amide bonds. The van der Waals surface area contributed by atoms with Gasteiger partial charge < -0.3 is 5.32 Å². The van der Waals surface area contributed by atoms with Gasteiger partial charge in [0.1, 0.15) is 17.0 Å². The van der Waals surface area contributed by atoms with Crippen molar-refractivity contribution in [1.29, 1.82) is 5.26 Å². The molecule has 0 spiro atoms. The van der Waals surface area contributed by atoms with Gasteiger partial charge in [-0.25, -0.2) is 8.78 Å². The number of hydrogen-bond donors (Lipinski definition) is 1. The van der Waals surface area contributed by atoms with Gasteiger partial charge in [0.15, 0.2) is 0 Å². The zero-order chi connectivity index (χ0) is 13.9. The Morgan fingerprint density at radius 2 is 2.11 bits per heavy atom. The molecule has 6 heteroatoms. The molecule has 0 aliphatic heterocycles. The number of rotatable bonds is 3. The maximum absolute atomic E-state index is 13.5. The van der Waals surface area contributed by atoms with Crippen LogP contribution in [0.25, 0.3) is 0 Å². The minimum Gasteiger partial charge on any atom is -0.322 e. The lowest BCUT2D eigenvalue weighted by Crippen LogP contribution is -2.31. The van der Waals surface area contributed by atoms with Crippen LogP contribution in [0.1, 0.15) is 20.3 Å². The zero-order valence-electron chi connectivity index (χ0n) is 9.85. The zero-order valence-corrected chi connectivity index (χ0v) is 11.4. The SMILES string of the molecule is CCC(C)(C#N)C(=O)Nc1cc(F)c(Br)cc1F. The summed E-state index contributed by atoms with van der Waals surface area (Å²) in [4.78, 5) is 11.8. The van der Waals surface area contributed by atoms with Crippen molar-refractivity contribution in [2.24, 2.45) is 5.41 Å². The van der Waals surface area contributed by atoms with Gasteiger partial charge in [-0.2, -0.15) is 5.26 Å². The summed E-state index contributed by atoms with van der Waals surface area (Å²) in [6.07, 6.45) is 0.274. The summed E-state index contributed by atoms with van der Waals surface area (Å²) in [6.45, 7) is 3.11. The fraction of sp³-hybridized carbons (Fsp3) is 0.333. The lowest BCUT2D eigenvalue weighted by Gasteiger charge is -2.18. The van der Waals surface area contributed by atoms with Gasteiger partial charge in [0.2, 0.25) is 5.91 Å². The van der Waals surface area contributed by atoms with Gasteiger partial charge in [0.25, 0.3) is 0 Å². The average Bonchev–Trinajstić information content (AvgIpc) is 2.34. The van der Waals surface area contributed by atoms with Gasteiger partial charge in [0, 0.05) is 6.07 Å². The highest BCUT2D eigenvalue weighted by molar-refractivity contribution is 9.10. The van der Waals surface area contributed by atoms with E-state index in [2.05, 4.69) is 21.2 Å². The monoisotopic (exact) mass is 316 g/mol. The van der Waals surface area contributed by atoms with Crippen molar-refractivity contribution in [1.82, 2.24) is 0 Å². The number of carbonyl (C=O) groups excluding carboxylic acids is 1. The van der Waals surface area contributed by atoms with Gasteiger partial charge in [-0.15, -0.1) is 0 Å². The lowest BCUT2D eigenvalue weighted by molar-refractivity contribution is -0.122. The molecule has 1 unspecified atom stereocenters. The highest BCUT2D eigenvalue weighted by atomic mass is 79.9. The van der Waals surface area contributed by atoms with E-state index < -0.39 is 23.0 Å². The Labute approximate surface area is 112 Å². The van der Waals surface area contributed by atoms with E-state index in [1.165, 1.54) is 6.92 Å². The molecule has 1 aromatic rings. The predicted molar refractivity (Wildman–Crippen MR) is 66.7 cm³/mol. The smallest absolute Gasteiger partial charge is 0.244 e. The summed E-state index contributed by atoms with van der Waals surface area (Å²) in [5.41, 5.74) is -1.55. The highest BCUT2D eigenvalue weighted by Gasteiger charge is 2.31. The third-order valence-corrected chi connectivity index (χ3v) is 3.32. The van der Waals surface area contributed by atoms with E-state index in [0.717, 1.165) is 12.1 Å². The first kappa shape index (κ1) is 14.6. The molecule has 18 heavy (non-hydrogen) atoms. The van der Waals surface area contributed by atoms with Crippen LogP contribution in [0.15, 0.2) is 16.6 Å². The lowest BCUT2D eigenvalue weighted by atomic mass is 9.88. The Morgan fingerprint density at radius 3 is 2.61 bits per heavy atom. The molecule has 3 nitrogen and oxygen atoms in total. The van der Waals surface area contributed by atoms with Crippen LogP contribution in [0.2, 0.25) is 0 Å². The van der Waals surface area contributed by atoms with Crippen LogP contribution in [0.5, 0.6) is 0 Å². The summed E-state index contributed by atoms with van der Waals surface area (Å²) in [5, 5.41) is 11.1. The molecule has 1 aromatic carbocycles. The number of nitrogens with one attached hydrogen (secondary N) is 1. The van der Waals surface area contributed by atoms with Gasteiger partial charge >= 0.3 is 0 Å². The minimum atomic E-state index is -1.27. The fourth-order valence-electron chi connectivity index (χ4n) is 1.17. The molecule has 96 valence electrons. The first-order valence-electron chi connectivity index (χ1n) is 5.21. The molecule has 1 atom stereocenters. The quantitative estimate of drug-likeness (QED) is 0.866. The molecule has 0 saturated heterocycles. The van der Waals surface area contributed by atoms with Crippen LogP contribution in [0.4, 0.5) is 14.5 Å². The summed E-state index contributed by atoms with van der Waals surface area (Å²) in [7, 11) is 0. The van der Waals surface area contributed by atoms with Crippen molar-refractivity contribution in [2.75, 3.05) is 5.32 Å². The van der Waals surface area contributed by atoms with Crippen molar-refractivity contribution in [2.45, 2.75) is 20.3 Å². The normalized spacial score (nSPS) is 13.6. The Hall–Kier alpha value is -1.48. The van der Waals surface area contributed by atoms with E-state index in [1.807, 2.05) is 6.07 Å². The highest BCUT2D eigenvalue weighted by Crippen LogP contribution is 2.26. The molecule has 1 rings (SSSR count). The molecule has 0 fully saturated rings. The fourth-order valence-corrected chi connectivity index (χ4v) is 1.48. The van der Waals surface area contributed by atoms with Crippen molar-refractivity contribution in [3.63, 3.8) is 0 Å². The van der Waals surface area contributed by atoms with E-state index in [1.54, 1.807) is 6.92 Å². The number of hydrogen-bond acceptors (Lipinski definition) is 2. The third kappa shape index (κ3) is 2.85. The molecule has 0 saturated carbocycles. The molecular weight excluding hydrogens is 306 g/mol. The van der Waals surface area contributed by atoms with Gasteiger partial charge in [-0.1, -0.05) is 6.92 Å². The van der Waals surface area contributed by atoms with Crippen molar-refractivity contribution in [3.8, 4) is 6.07 Å². The maximum atomic E-state index is 13.5. The van der Waals surface area contributed by atoms with Gasteiger partial charge in [-0.3, -0.25) is 4.79 Å².